The molecule has 2 amide bonds. The molecule has 1 atom stereocenters. The van der Waals surface area contributed by atoms with Crippen molar-refractivity contribution >= 4 is 17.6 Å². The number of rotatable bonds is 5. The van der Waals surface area contributed by atoms with E-state index in [4.69, 9.17) is 0 Å². The molecule has 2 heterocycles. The monoisotopic (exact) mass is 393 g/mol. The Morgan fingerprint density at radius 2 is 1.93 bits per heavy atom. The van der Waals surface area contributed by atoms with Gasteiger partial charge in [-0.3, -0.25) is 9.59 Å². The molecule has 2 N–H and O–H groups in total. The van der Waals surface area contributed by atoms with E-state index in [1.807, 2.05) is 0 Å². The Bertz CT molecular complexity index is 851. The second kappa shape index (κ2) is 7.87. The highest BCUT2D eigenvalue weighted by Crippen LogP contribution is 2.29. The Balaban J connectivity index is 1.53. The number of amides is 2. The van der Waals surface area contributed by atoms with Crippen molar-refractivity contribution in [2.75, 3.05) is 18.4 Å². The van der Waals surface area contributed by atoms with Crippen LogP contribution in [0.2, 0.25) is 0 Å². The summed E-state index contributed by atoms with van der Waals surface area (Å²) in [6.07, 6.45) is -3.21. The van der Waals surface area contributed by atoms with E-state index in [9.17, 15) is 27.9 Å². The lowest BCUT2D eigenvalue weighted by Crippen LogP contribution is -2.30. The first-order valence-electron chi connectivity index (χ1n) is 8.62. The van der Waals surface area contributed by atoms with Crippen molar-refractivity contribution < 1.29 is 27.9 Å². The summed E-state index contributed by atoms with van der Waals surface area (Å²) in [4.78, 5) is 29.6. The van der Waals surface area contributed by atoms with Gasteiger partial charge in [-0.05, 0) is 36.2 Å². The molecule has 0 saturated carbocycles. The number of nitrogens with one attached hydrogen (secondary N) is 1. The zero-order valence-electron chi connectivity index (χ0n) is 14.7. The zero-order chi connectivity index (χ0) is 20.3. The summed E-state index contributed by atoms with van der Waals surface area (Å²) in [5.74, 6) is -1.02. The van der Waals surface area contributed by atoms with Crippen molar-refractivity contribution in [1.82, 2.24) is 9.88 Å². The van der Waals surface area contributed by atoms with Gasteiger partial charge in [0, 0.05) is 25.7 Å². The summed E-state index contributed by atoms with van der Waals surface area (Å²) in [6, 6.07) is 8.57. The van der Waals surface area contributed by atoms with Crippen LogP contribution in [0.15, 0.2) is 42.6 Å². The first kappa shape index (κ1) is 19.7. The fourth-order valence-corrected chi connectivity index (χ4v) is 2.95. The highest BCUT2D eigenvalue weighted by Gasteiger charge is 2.34. The minimum absolute atomic E-state index is 0.00740. The van der Waals surface area contributed by atoms with Gasteiger partial charge in [0.05, 0.1) is 11.5 Å². The van der Waals surface area contributed by atoms with E-state index < -0.39 is 23.6 Å². The third kappa shape index (κ3) is 4.79. The number of pyridine rings is 1. The van der Waals surface area contributed by atoms with Gasteiger partial charge >= 0.3 is 6.18 Å². The fraction of sp³-hybridized carbons (Fsp3) is 0.316. The standard InChI is InChI=1S/C19H18F3N3O3/c20-19(21,22)14-3-6-16(23-10-14)24-18(28)13-9-17(27)25(11-13)8-7-12-1-4-15(26)5-2-12/h1-6,10,13,26H,7-9,11H2,(H,23,24,28)/t13-/m1/s1. The number of nitrogens with zero attached hydrogens (tertiary/aromatic N) is 2. The Labute approximate surface area is 159 Å². The van der Waals surface area contributed by atoms with Crippen LogP contribution in [0.3, 0.4) is 0 Å². The summed E-state index contributed by atoms with van der Waals surface area (Å²) in [5.41, 5.74) is 0.0504. The molecule has 3 rings (SSSR count). The maximum absolute atomic E-state index is 12.5. The quantitative estimate of drug-likeness (QED) is 0.819. The van der Waals surface area contributed by atoms with E-state index in [-0.39, 0.29) is 30.4 Å². The van der Waals surface area contributed by atoms with Gasteiger partial charge in [0.25, 0.3) is 0 Å². The van der Waals surface area contributed by atoms with Crippen molar-refractivity contribution in [1.29, 1.82) is 0 Å². The molecule has 0 bridgehead atoms. The van der Waals surface area contributed by atoms with E-state index in [0.29, 0.717) is 19.2 Å². The molecule has 0 radical (unpaired) electrons. The number of carbonyl (C=O) groups excluding carboxylic acids is 2. The zero-order valence-corrected chi connectivity index (χ0v) is 14.7. The highest BCUT2D eigenvalue weighted by molar-refractivity contribution is 5.96. The molecule has 1 saturated heterocycles. The molecule has 2 aromatic rings. The van der Waals surface area contributed by atoms with Crippen molar-refractivity contribution in [3.05, 3.63) is 53.7 Å². The molecular formula is C19H18F3N3O3. The van der Waals surface area contributed by atoms with Crippen molar-refractivity contribution in [2.45, 2.75) is 19.0 Å². The molecule has 0 unspecified atom stereocenters. The van der Waals surface area contributed by atoms with Crippen LogP contribution in [0.4, 0.5) is 19.0 Å². The number of aromatic nitrogens is 1. The number of phenols is 1. The number of carbonyl (C=O) groups is 2. The van der Waals surface area contributed by atoms with Gasteiger partial charge < -0.3 is 15.3 Å². The van der Waals surface area contributed by atoms with Crippen molar-refractivity contribution in [3.63, 3.8) is 0 Å². The number of likely N-dealkylation sites (tertiary alicyclic amines) is 1. The van der Waals surface area contributed by atoms with Crippen LogP contribution >= 0.6 is 0 Å². The van der Waals surface area contributed by atoms with E-state index >= 15 is 0 Å². The average molecular weight is 393 g/mol. The second-order valence-corrected chi connectivity index (χ2v) is 6.58. The number of phenolic OH excluding ortho intramolecular Hbond substituents is 1. The van der Waals surface area contributed by atoms with E-state index in [0.717, 1.165) is 17.7 Å². The van der Waals surface area contributed by atoms with Crippen LogP contribution in [-0.2, 0) is 22.2 Å². The van der Waals surface area contributed by atoms with Crippen LogP contribution in [0.25, 0.3) is 0 Å². The summed E-state index contributed by atoms with van der Waals surface area (Å²) in [6.45, 7) is 0.676. The topological polar surface area (TPSA) is 82.5 Å². The molecule has 6 nitrogen and oxygen atoms in total. The highest BCUT2D eigenvalue weighted by atomic mass is 19.4. The van der Waals surface area contributed by atoms with Gasteiger partial charge in [-0.2, -0.15) is 13.2 Å². The first-order valence-corrected chi connectivity index (χ1v) is 8.62. The molecule has 1 aliphatic rings. The molecule has 0 spiro atoms. The number of benzene rings is 1. The van der Waals surface area contributed by atoms with Crippen LogP contribution < -0.4 is 5.32 Å². The molecule has 148 valence electrons. The Morgan fingerprint density at radius 3 is 2.54 bits per heavy atom. The number of alkyl halides is 3. The summed E-state index contributed by atoms with van der Waals surface area (Å²) < 4.78 is 37.6. The third-order valence-corrected chi connectivity index (χ3v) is 4.53. The van der Waals surface area contributed by atoms with Crippen molar-refractivity contribution in [3.8, 4) is 5.75 Å². The first-order chi connectivity index (χ1) is 13.2. The number of aromatic hydroxyl groups is 1. The van der Waals surface area contributed by atoms with Crippen LogP contribution in [0, 0.1) is 5.92 Å². The van der Waals surface area contributed by atoms with E-state index in [1.165, 1.54) is 0 Å². The Hall–Kier alpha value is -3.10. The molecular weight excluding hydrogens is 375 g/mol. The summed E-state index contributed by atoms with van der Waals surface area (Å²) in [5, 5.41) is 11.7. The molecule has 28 heavy (non-hydrogen) atoms. The van der Waals surface area contributed by atoms with Gasteiger partial charge in [0.2, 0.25) is 11.8 Å². The minimum atomic E-state index is -4.49. The maximum Gasteiger partial charge on any atom is 0.417 e. The van der Waals surface area contributed by atoms with Gasteiger partial charge in [0.1, 0.15) is 11.6 Å². The normalized spacial score (nSPS) is 17.0. The van der Waals surface area contributed by atoms with Crippen LogP contribution in [-0.4, -0.2) is 39.9 Å². The fourth-order valence-electron chi connectivity index (χ4n) is 2.95. The molecule has 1 aromatic carbocycles. The maximum atomic E-state index is 12.5. The SMILES string of the molecule is O=C(Nc1ccc(C(F)(F)F)cn1)[C@@H]1CC(=O)N(CCc2ccc(O)cc2)C1. The molecule has 1 aliphatic heterocycles. The largest absolute Gasteiger partial charge is 0.508 e. The second-order valence-electron chi connectivity index (χ2n) is 6.58. The van der Waals surface area contributed by atoms with Crippen LogP contribution in [0.5, 0.6) is 5.75 Å². The van der Waals surface area contributed by atoms with Gasteiger partial charge in [-0.25, -0.2) is 4.98 Å². The minimum Gasteiger partial charge on any atom is -0.508 e. The number of hydrogen-bond acceptors (Lipinski definition) is 4. The molecule has 1 fully saturated rings. The Kier molecular flexibility index (Phi) is 5.53. The van der Waals surface area contributed by atoms with E-state index in [1.54, 1.807) is 29.2 Å². The van der Waals surface area contributed by atoms with Gasteiger partial charge in [0.15, 0.2) is 0 Å². The van der Waals surface area contributed by atoms with Crippen molar-refractivity contribution in [2.24, 2.45) is 5.92 Å². The summed E-state index contributed by atoms with van der Waals surface area (Å²) in [7, 11) is 0. The lowest BCUT2D eigenvalue weighted by atomic mass is 10.1. The molecule has 0 aliphatic carbocycles. The molecule has 9 heteroatoms. The molecule has 1 aromatic heterocycles. The smallest absolute Gasteiger partial charge is 0.417 e. The third-order valence-electron chi connectivity index (χ3n) is 4.53. The Morgan fingerprint density at radius 1 is 1.21 bits per heavy atom. The van der Waals surface area contributed by atoms with Gasteiger partial charge in [-0.1, -0.05) is 12.1 Å². The van der Waals surface area contributed by atoms with Crippen LogP contribution in [0.1, 0.15) is 17.5 Å². The lowest BCUT2D eigenvalue weighted by molar-refractivity contribution is -0.137. The summed E-state index contributed by atoms with van der Waals surface area (Å²) >= 11 is 0. The average Bonchev–Trinajstić information content (AvgIpc) is 3.02. The van der Waals surface area contributed by atoms with E-state index in [2.05, 4.69) is 10.3 Å². The van der Waals surface area contributed by atoms with Gasteiger partial charge in [-0.15, -0.1) is 0 Å². The lowest BCUT2D eigenvalue weighted by Gasteiger charge is -2.16. The predicted molar refractivity (Wildman–Crippen MR) is 94.4 cm³/mol. The number of hydrogen-bond donors (Lipinski definition) is 2. The number of anilines is 1. The number of halogens is 3. The predicted octanol–water partition coefficient (Wildman–Crippen LogP) is 2.84.